The molecular weight excluding hydrogens is 365 g/mol. The van der Waals surface area contributed by atoms with Gasteiger partial charge in [-0.3, -0.25) is 0 Å². The monoisotopic (exact) mass is 379 g/mol. The number of pyridine rings is 1. The van der Waals surface area contributed by atoms with Crippen LogP contribution in [-0.4, -0.2) is 33.2 Å². The number of ether oxygens (including phenoxy) is 1. The Kier molecular flexibility index (Phi) is 4.53. The van der Waals surface area contributed by atoms with Crippen LogP contribution in [0.4, 0.5) is 10.3 Å². The van der Waals surface area contributed by atoms with Gasteiger partial charge in [-0.05, 0) is 28.4 Å². The molecule has 0 fully saturated rings. The van der Waals surface area contributed by atoms with E-state index in [4.69, 9.17) is 10.5 Å². The summed E-state index contributed by atoms with van der Waals surface area (Å²) in [5, 5.41) is 0.848. The number of nitrogens with zero attached hydrogens (tertiary/aromatic N) is 4. The Morgan fingerprint density at radius 1 is 1.35 bits per heavy atom. The maximum absolute atomic E-state index is 14.2. The fraction of sp³-hybridized carbons (Fsp3) is 0.267. The maximum Gasteiger partial charge on any atom is 0.220 e. The second kappa shape index (κ2) is 6.59. The van der Waals surface area contributed by atoms with E-state index in [2.05, 4.69) is 30.9 Å². The van der Waals surface area contributed by atoms with Gasteiger partial charge in [0.2, 0.25) is 5.95 Å². The normalized spacial score (nSPS) is 11.3. The largest absolute Gasteiger partial charge is 0.385 e. The molecule has 0 unspecified atom stereocenters. The van der Waals surface area contributed by atoms with Crippen LogP contribution in [0.5, 0.6) is 0 Å². The lowest BCUT2D eigenvalue weighted by Gasteiger charge is -2.04. The molecule has 6 nitrogen and oxygen atoms in total. The number of nitrogens with two attached hydrogens (primary N) is 1. The molecule has 0 bridgehead atoms. The Balaban J connectivity index is 2.15. The van der Waals surface area contributed by atoms with Gasteiger partial charge in [0.25, 0.3) is 0 Å². The maximum atomic E-state index is 14.2. The third-order valence-electron chi connectivity index (χ3n) is 3.50. The Bertz CT molecular complexity index is 851. The van der Waals surface area contributed by atoms with Gasteiger partial charge in [0, 0.05) is 37.4 Å². The average molecular weight is 380 g/mol. The van der Waals surface area contributed by atoms with Crippen molar-refractivity contribution in [1.82, 2.24) is 19.5 Å². The van der Waals surface area contributed by atoms with E-state index in [9.17, 15) is 4.39 Å². The predicted octanol–water partition coefficient (Wildman–Crippen LogP) is 3.01. The Hall–Kier alpha value is -2.06. The molecule has 3 aromatic rings. The summed E-state index contributed by atoms with van der Waals surface area (Å²) in [5.74, 6) is -0.474. The van der Waals surface area contributed by atoms with Crippen LogP contribution in [0.15, 0.2) is 29.3 Å². The molecule has 2 N–H and O–H groups in total. The standard InChI is InChI=1S/C15H15BrFN5O/c1-23-4-2-3-22-8-10(9-5-13(16)19-7-12(9)22)14-11(17)6-20-15(18)21-14/h5-8H,2-4H2,1H3,(H2,18,20,21). The summed E-state index contributed by atoms with van der Waals surface area (Å²) in [5.41, 5.74) is 7.35. The minimum absolute atomic E-state index is 0.0369. The van der Waals surface area contributed by atoms with Crippen LogP contribution in [0, 0.1) is 5.82 Å². The number of fused-ring (bicyclic) bond motifs is 1. The second-order valence-corrected chi connectivity index (χ2v) is 5.84. The van der Waals surface area contributed by atoms with Gasteiger partial charge in [-0.1, -0.05) is 0 Å². The minimum atomic E-state index is -0.511. The smallest absolute Gasteiger partial charge is 0.220 e. The molecule has 0 saturated heterocycles. The van der Waals surface area contributed by atoms with Crippen molar-refractivity contribution in [2.45, 2.75) is 13.0 Å². The fourth-order valence-corrected chi connectivity index (χ4v) is 2.82. The van der Waals surface area contributed by atoms with Crippen LogP contribution in [-0.2, 0) is 11.3 Å². The number of halogens is 2. The number of aromatic nitrogens is 4. The number of hydrogen-bond donors (Lipinski definition) is 1. The van der Waals surface area contributed by atoms with Crippen LogP contribution in [0.3, 0.4) is 0 Å². The number of nitrogen functional groups attached to an aromatic ring is 1. The molecule has 3 aromatic heterocycles. The van der Waals surface area contributed by atoms with Crippen molar-refractivity contribution in [2.24, 2.45) is 0 Å². The van der Waals surface area contributed by atoms with Crippen molar-refractivity contribution >= 4 is 32.8 Å². The van der Waals surface area contributed by atoms with Crippen LogP contribution in [0.2, 0.25) is 0 Å². The molecule has 0 aliphatic heterocycles. The van der Waals surface area contributed by atoms with Gasteiger partial charge in [-0.2, -0.15) is 0 Å². The summed E-state index contributed by atoms with van der Waals surface area (Å²) < 4.78 is 21.9. The summed E-state index contributed by atoms with van der Waals surface area (Å²) in [6.07, 6.45) is 5.53. The highest BCUT2D eigenvalue weighted by Crippen LogP contribution is 2.32. The molecule has 0 spiro atoms. The van der Waals surface area contributed by atoms with Crippen molar-refractivity contribution in [3.63, 3.8) is 0 Å². The number of aryl methyl sites for hydroxylation is 1. The number of anilines is 1. The summed E-state index contributed by atoms with van der Waals surface area (Å²) >= 11 is 3.35. The molecule has 0 aliphatic carbocycles. The third-order valence-corrected chi connectivity index (χ3v) is 3.93. The summed E-state index contributed by atoms with van der Waals surface area (Å²) in [6, 6.07) is 1.84. The van der Waals surface area contributed by atoms with E-state index in [0.29, 0.717) is 16.8 Å². The molecule has 3 rings (SSSR count). The first-order valence-corrected chi connectivity index (χ1v) is 7.81. The van der Waals surface area contributed by atoms with Gasteiger partial charge >= 0.3 is 0 Å². The van der Waals surface area contributed by atoms with Gasteiger partial charge in [-0.25, -0.2) is 19.3 Å². The van der Waals surface area contributed by atoms with Crippen LogP contribution in [0.25, 0.3) is 22.2 Å². The SMILES string of the molecule is COCCCn1cc(-c2nc(N)ncc2F)c2cc(Br)ncc21. The number of methoxy groups -OCH3 is 1. The van der Waals surface area contributed by atoms with Crippen LogP contribution in [0.1, 0.15) is 6.42 Å². The van der Waals surface area contributed by atoms with Gasteiger partial charge in [0.15, 0.2) is 5.82 Å². The molecule has 120 valence electrons. The number of rotatable bonds is 5. The molecule has 0 aliphatic rings. The first kappa shape index (κ1) is 15.8. The molecular formula is C15H15BrFN5O. The van der Waals surface area contributed by atoms with E-state index in [1.54, 1.807) is 13.3 Å². The molecule has 23 heavy (non-hydrogen) atoms. The average Bonchev–Trinajstić information content (AvgIpc) is 2.88. The lowest BCUT2D eigenvalue weighted by atomic mass is 10.1. The summed E-state index contributed by atoms with van der Waals surface area (Å²) in [7, 11) is 1.66. The Labute approximate surface area is 140 Å². The van der Waals surface area contributed by atoms with Gasteiger partial charge in [-0.15, -0.1) is 0 Å². The fourth-order valence-electron chi connectivity index (χ4n) is 2.48. The quantitative estimate of drug-likeness (QED) is 0.544. The molecule has 0 amide bonds. The van der Waals surface area contributed by atoms with E-state index in [-0.39, 0.29) is 11.6 Å². The molecule has 0 saturated carbocycles. The zero-order chi connectivity index (χ0) is 16.4. The summed E-state index contributed by atoms with van der Waals surface area (Å²) in [6.45, 7) is 1.38. The Morgan fingerprint density at radius 3 is 2.96 bits per heavy atom. The van der Waals surface area contributed by atoms with Crippen molar-refractivity contribution < 1.29 is 9.13 Å². The van der Waals surface area contributed by atoms with Crippen LogP contribution >= 0.6 is 15.9 Å². The highest BCUT2D eigenvalue weighted by atomic mass is 79.9. The van der Waals surface area contributed by atoms with E-state index < -0.39 is 5.82 Å². The van der Waals surface area contributed by atoms with Crippen molar-refractivity contribution in [3.05, 3.63) is 35.1 Å². The zero-order valence-electron chi connectivity index (χ0n) is 12.5. The van der Waals surface area contributed by atoms with Crippen molar-refractivity contribution in [1.29, 1.82) is 0 Å². The molecule has 0 radical (unpaired) electrons. The predicted molar refractivity (Wildman–Crippen MR) is 89.3 cm³/mol. The lowest BCUT2D eigenvalue weighted by Crippen LogP contribution is -2.00. The zero-order valence-corrected chi connectivity index (χ0v) is 14.0. The molecule has 8 heteroatoms. The van der Waals surface area contributed by atoms with Gasteiger partial charge < -0.3 is 15.0 Å². The molecule has 0 atom stereocenters. The Morgan fingerprint density at radius 2 is 2.17 bits per heavy atom. The summed E-state index contributed by atoms with van der Waals surface area (Å²) in [4.78, 5) is 12.0. The minimum Gasteiger partial charge on any atom is -0.385 e. The van der Waals surface area contributed by atoms with Crippen molar-refractivity contribution in [3.8, 4) is 11.3 Å². The molecule has 0 aromatic carbocycles. The highest BCUT2D eigenvalue weighted by molar-refractivity contribution is 9.10. The topological polar surface area (TPSA) is 78.9 Å². The lowest BCUT2D eigenvalue weighted by molar-refractivity contribution is 0.190. The van der Waals surface area contributed by atoms with E-state index >= 15 is 0 Å². The van der Waals surface area contributed by atoms with E-state index in [0.717, 1.165) is 30.1 Å². The van der Waals surface area contributed by atoms with E-state index in [1.165, 1.54) is 0 Å². The third kappa shape index (κ3) is 3.18. The second-order valence-electron chi connectivity index (χ2n) is 5.03. The molecule has 3 heterocycles. The first-order chi connectivity index (χ1) is 11.1. The van der Waals surface area contributed by atoms with E-state index in [1.807, 2.05) is 16.8 Å². The van der Waals surface area contributed by atoms with Crippen LogP contribution < -0.4 is 5.73 Å². The number of hydrogen-bond acceptors (Lipinski definition) is 5. The van der Waals surface area contributed by atoms with Gasteiger partial charge in [0.05, 0.1) is 17.9 Å². The highest BCUT2D eigenvalue weighted by Gasteiger charge is 2.16. The van der Waals surface area contributed by atoms with Crippen molar-refractivity contribution in [2.75, 3.05) is 19.5 Å². The van der Waals surface area contributed by atoms with Gasteiger partial charge in [0.1, 0.15) is 10.3 Å². The first-order valence-electron chi connectivity index (χ1n) is 7.02.